The molecule has 0 unspecified atom stereocenters. The zero-order valence-electron chi connectivity index (χ0n) is 14.1. The van der Waals surface area contributed by atoms with Crippen LogP contribution in [0.4, 0.5) is 4.39 Å². The van der Waals surface area contributed by atoms with Crippen molar-refractivity contribution in [3.8, 4) is 0 Å². The second-order valence-electron chi connectivity index (χ2n) is 6.33. The molecule has 2 aliphatic heterocycles. The molecule has 2 aliphatic rings. The molecule has 2 heterocycles. The van der Waals surface area contributed by atoms with E-state index < -0.39 is 18.1 Å². The third-order valence-electron chi connectivity index (χ3n) is 4.59. The van der Waals surface area contributed by atoms with Crippen molar-refractivity contribution >= 4 is 17.6 Å². The fraction of sp³-hybridized carbons (Fsp3) is 0.500. The second kappa shape index (κ2) is 7.63. The number of carbonyl (C=O) groups excluding carboxylic acids is 2. The Morgan fingerprint density at radius 1 is 1.32 bits per heavy atom. The Labute approximate surface area is 145 Å². The van der Waals surface area contributed by atoms with Crippen LogP contribution in [0.3, 0.4) is 0 Å². The Hall–Kier alpha value is -2.44. The average Bonchev–Trinajstić information content (AvgIpc) is 3.11. The van der Waals surface area contributed by atoms with Crippen LogP contribution in [0, 0.1) is 5.82 Å². The molecular weight excluding hydrogens is 327 g/mol. The Balaban J connectivity index is 1.60. The van der Waals surface area contributed by atoms with Gasteiger partial charge in [-0.15, -0.1) is 0 Å². The van der Waals surface area contributed by atoms with Crippen LogP contribution < -0.4 is 0 Å². The van der Waals surface area contributed by atoms with E-state index in [1.165, 1.54) is 19.2 Å². The first kappa shape index (κ1) is 17.4. The van der Waals surface area contributed by atoms with Gasteiger partial charge in [-0.1, -0.05) is 17.3 Å². The number of hydrogen-bond donors (Lipinski definition) is 0. The number of amides is 1. The van der Waals surface area contributed by atoms with Crippen LogP contribution in [-0.2, 0) is 25.6 Å². The highest BCUT2D eigenvalue weighted by atomic mass is 19.1. The minimum atomic E-state index is -0.708. The summed E-state index contributed by atoms with van der Waals surface area (Å²) in [6, 6.07) is 5.61. The van der Waals surface area contributed by atoms with E-state index in [1.807, 2.05) is 0 Å². The van der Waals surface area contributed by atoms with Crippen LogP contribution >= 0.6 is 0 Å². The molecule has 6 nitrogen and oxygen atoms in total. The summed E-state index contributed by atoms with van der Waals surface area (Å²) in [5.74, 6) is -0.910. The Morgan fingerprint density at radius 3 is 2.80 bits per heavy atom. The van der Waals surface area contributed by atoms with Crippen LogP contribution in [0.1, 0.15) is 31.2 Å². The first-order chi connectivity index (χ1) is 12.1. The van der Waals surface area contributed by atoms with E-state index in [-0.39, 0.29) is 11.7 Å². The standard InChI is InChI=1S/C18H21FN2O4/c1-24-18(23)15-4-2-3-9-21(15)17(22)16-11-14(20-25-16)10-12-5-7-13(19)8-6-12/h5-8,15-16H,2-4,9-11H2,1H3/t15-,16+/m0/s1. The minimum Gasteiger partial charge on any atom is -0.467 e. The van der Waals surface area contributed by atoms with E-state index in [2.05, 4.69) is 5.16 Å². The quantitative estimate of drug-likeness (QED) is 0.781. The SMILES string of the molecule is COC(=O)[C@@H]1CCCCN1C(=O)[C@H]1CC(Cc2ccc(F)cc2)=NO1. The van der Waals surface area contributed by atoms with Crippen molar-refractivity contribution in [1.82, 2.24) is 4.90 Å². The molecule has 1 aromatic rings. The highest BCUT2D eigenvalue weighted by molar-refractivity contribution is 5.95. The Kier molecular flexibility index (Phi) is 5.31. The van der Waals surface area contributed by atoms with Gasteiger partial charge in [0.15, 0.2) is 0 Å². The number of benzene rings is 1. The number of oxime groups is 1. The summed E-state index contributed by atoms with van der Waals surface area (Å²) in [6.45, 7) is 0.520. The van der Waals surface area contributed by atoms with E-state index in [0.717, 1.165) is 24.1 Å². The molecule has 0 N–H and O–H groups in total. The van der Waals surface area contributed by atoms with E-state index in [9.17, 15) is 14.0 Å². The number of ether oxygens (including phenoxy) is 1. The number of rotatable bonds is 4. The smallest absolute Gasteiger partial charge is 0.328 e. The first-order valence-electron chi connectivity index (χ1n) is 8.43. The summed E-state index contributed by atoms with van der Waals surface area (Å²) in [5.41, 5.74) is 1.64. The average molecular weight is 348 g/mol. The Morgan fingerprint density at radius 2 is 2.08 bits per heavy atom. The van der Waals surface area contributed by atoms with Gasteiger partial charge in [0.05, 0.1) is 12.8 Å². The van der Waals surface area contributed by atoms with E-state index >= 15 is 0 Å². The zero-order valence-corrected chi connectivity index (χ0v) is 14.1. The molecule has 3 rings (SSSR count). The van der Waals surface area contributed by atoms with Crippen molar-refractivity contribution in [2.24, 2.45) is 5.16 Å². The third-order valence-corrected chi connectivity index (χ3v) is 4.59. The van der Waals surface area contributed by atoms with Crippen molar-refractivity contribution in [3.63, 3.8) is 0 Å². The van der Waals surface area contributed by atoms with Gasteiger partial charge in [-0.3, -0.25) is 4.79 Å². The van der Waals surface area contributed by atoms with Crippen LogP contribution in [0.15, 0.2) is 29.4 Å². The van der Waals surface area contributed by atoms with Crippen LogP contribution in [0.2, 0.25) is 0 Å². The number of carbonyl (C=O) groups is 2. The maximum atomic E-state index is 13.0. The number of piperidine rings is 1. The molecule has 1 saturated heterocycles. The lowest BCUT2D eigenvalue weighted by Gasteiger charge is -2.34. The molecule has 134 valence electrons. The maximum absolute atomic E-state index is 13.0. The molecule has 0 spiro atoms. The largest absolute Gasteiger partial charge is 0.467 e. The molecule has 0 aliphatic carbocycles. The zero-order chi connectivity index (χ0) is 17.8. The number of esters is 1. The topological polar surface area (TPSA) is 68.2 Å². The van der Waals surface area contributed by atoms with E-state index in [0.29, 0.717) is 25.8 Å². The summed E-state index contributed by atoms with van der Waals surface area (Å²) in [6.07, 6.45) is 2.52. The van der Waals surface area contributed by atoms with Gasteiger partial charge >= 0.3 is 5.97 Å². The van der Waals surface area contributed by atoms with Gasteiger partial charge in [0.25, 0.3) is 5.91 Å². The highest BCUT2D eigenvalue weighted by Gasteiger charge is 2.39. The number of methoxy groups -OCH3 is 1. The van der Waals surface area contributed by atoms with Crippen LogP contribution in [0.25, 0.3) is 0 Å². The molecule has 0 aromatic heterocycles. The normalized spacial score (nSPS) is 23.0. The number of nitrogens with zero attached hydrogens (tertiary/aromatic N) is 2. The number of halogens is 1. The predicted octanol–water partition coefficient (Wildman–Crippen LogP) is 2.07. The fourth-order valence-corrected chi connectivity index (χ4v) is 3.26. The number of hydrogen-bond acceptors (Lipinski definition) is 5. The van der Waals surface area contributed by atoms with Crippen molar-refractivity contribution in [3.05, 3.63) is 35.6 Å². The summed E-state index contributed by atoms with van der Waals surface area (Å²) in [4.78, 5) is 31.5. The van der Waals surface area contributed by atoms with Gasteiger partial charge in [-0.25, -0.2) is 9.18 Å². The van der Waals surface area contributed by atoms with Gasteiger partial charge < -0.3 is 14.5 Å². The maximum Gasteiger partial charge on any atom is 0.328 e. The van der Waals surface area contributed by atoms with Crippen molar-refractivity contribution in [1.29, 1.82) is 0 Å². The van der Waals surface area contributed by atoms with Gasteiger partial charge in [0, 0.05) is 19.4 Å². The second-order valence-corrected chi connectivity index (χ2v) is 6.33. The molecule has 7 heteroatoms. The van der Waals surface area contributed by atoms with Crippen molar-refractivity contribution < 1.29 is 23.6 Å². The third kappa shape index (κ3) is 3.97. The molecule has 2 atom stereocenters. The van der Waals surface area contributed by atoms with Gasteiger partial charge in [-0.05, 0) is 37.0 Å². The first-order valence-corrected chi connectivity index (χ1v) is 8.43. The molecular formula is C18H21FN2O4. The molecule has 0 bridgehead atoms. The van der Waals surface area contributed by atoms with Gasteiger partial charge in [0.1, 0.15) is 11.9 Å². The van der Waals surface area contributed by atoms with Gasteiger partial charge in [-0.2, -0.15) is 0 Å². The summed E-state index contributed by atoms with van der Waals surface area (Å²) in [5, 5.41) is 4.00. The predicted molar refractivity (Wildman–Crippen MR) is 88.4 cm³/mol. The fourth-order valence-electron chi connectivity index (χ4n) is 3.26. The van der Waals surface area contributed by atoms with E-state index in [4.69, 9.17) is 9.57 Å². The van der Waals surface area contributed by atoms with Crippen LogP contribution in [-0.4, -0.2) is 48.3 Å². The lowest BCUT2D eigenvalue weighted by Crippen LogP contribution is -2.51. The van der Waals surface area contributed by atoms with Gasteiger partial charge in [0.2, 0.25) is 6.10 Å². The molecule has 1 fully saturated rings. The molecule has 1 aromatic carbocycles. The molecule has 0 radical (unpaired) electrons. The lowest BCUT2D eigenvalue weighted by molar-refractivity contribution is -0.159. The Bertz CT molecular complexity index is 674. The molecule has 25 heavy (non-hydrogen) atoms. The van der Waals surface area contributed by atoms with Crippen molar-refractivity contribution in [2.45, 2.75) is 44.2 Å². The summed E-state index contributed by atoms with van der Waals surface area (Å²) in [7, 11) is 1.33. The number of likely N-dealkylation sites (tertiary alicyclic amines) is 1. The summed E-state index contributed by atoms with van der Waals surface area (Å²) >= 11 is 0. The van der Waals surface area contributed by atoms with Crippen LogP contribution in [0.5, 0.6) is 0 Å². The lowest BCUT2D eigenvalue weighted by atomic mass is 9.99. The minimum absolute atomic E-state index is 0.229. The summed E-state index contributed by atoms with van der Waals surface area (Å²) < 4.78 is 17.8. The molecule has 1 amide bonds. The molecule has 0 saturated carbocycles. The highest BCUT2D eigenvalue weighted by Crippen LogP contribution is 2.23. The monoisotopic (exact) mass is 348 g/mol. The van der Waals surface area contributed by atoms with E-state index in [1.54, 1.807) is 17.0 Å². The van der Waals surface area contributed by atoms with Crippen molar-refractivity contribution in [2.75, 3.05) is 13.7 Å².